The smallest absolute Gasteiger partial charge is 0.242 e. The lowest BCUT2D eigenvalue weighted by molar-refractivity contribution is -0.130. The maximum atomic E-state index is 14.4. The summed E-state index contributed by atoms with van der Waals surface area (Å²) in [5.74, 6) is -0.583. The average molecular weight is 380 g/mol. The summed E-state index contributed by atoms with van der Waals surface area (Å²) in [4.78, 5) is 15.1. The Labute approximate surface area is 159 Å². The number of nitrogens with one attached hydrogen (secondary N) is 1. The molecule has 1 atom stereocenters. The van der Waals surface area contributed by atoms with Crippen LogP contribution in [0.5, 0.6) is 0 Å². The molecular weight excluding hydrogens is 351 g/mol. The first-order valence-corrected chi connectivity index (χ1v) is 9.67. The van der Waals surface area contributed by atoms with Gasteiger partial charge in [0.1, 0.15) is 11.9 Å². The van der Waals surface area contributed by atoms with Gasteiger partial charge in [0, 0.05) is 30.1 Å². The van der Waals surface area contributed by atoms with Gasteiger partial charge in [-0.2, -0.15) is 0 Å². The van der Waals surface area contributed by atoms with Gasteiger partial charge in [-0.1, -0.05) is 18.2 Å². The van der Waals surface area contributed by atoms with E-state index < -0.39 is 11.5 Å². The predicted molar refractivity (Wildman–Crippen MR) is 98.5 cm³/mol. The second-order valence-electron chi connectivity index (χ2n) is 7.67. The van der Waals surface area contributed by atoms with Crippen LogP contribution in [-0.2, 0) is 9.53 Å². The van der Waals surface area contributed by atoms with Crippen molar-refractivity contribution in [3.63, 3.8) is 0 Å². The van der Waals surface area contributed by atoms with Gasteiger partial charge < -0.3 is 20.3 Å². The minimum absolute atomic E-state index is 0.0287. The van der Waals surface area contributed by atoms with E-state index in [1.807, 2.05) is 4.90 Å². The van der Waals surface area contributed by atoms with Gasteiger partial charge in [0.05, 0.1) is 26.4 Å². The van der Waals surface area contributed by atoms with E-state index in [1.165, 1.54) is 6.07 Å². The van der Waals surface area contributed by atoms with Crippen molar-refractivity contribution >= 4 is 5.91 Å². The zero-order chi connectivity index (χ0) is 19.3. The molecule has 1 aliphatic carbocycles. The summed E-state index contributed by atoms with van der Waals surface area (Å²) >= 11 is 0. The molecule has 7 heteroatoms. The maximum Gasteiger partial charge on any atom is 0.242 e. The Kier molecular flexibility index (Phi) is 6.81. The Hall–Kier alpha value is -1.54. The molecule has 1 amide bonds. The van der Waals surface area contributed by atoms with E-state index in [1.54, 1.807) is 18.2 Å². The number of aliphatic hydroxyl groups is 2. The maximum absolute atomic E-state index is 14.4. The number of hydrogen-bond donors (Lipinski definition) is 3. The van der Waals surface area contributed by atoms with Crippen LogP contribution in [0.4, 0.5) is 4.39 Å². The molecule has 1 aliphatic heterocycles. The fraction of sp³-hybridized carbons (Fsp3) is 0.650. The van der Waals surface area contributed by atoms with Crippen molar-refractivity contribution in [1.29, 1.82) is 0 Å². The molecule has 0 radical (unpaired) electrons. The quantitative estimate of drug-likeness (QED) is 0.692. The number of ether oxygens (including phenoxy) is 1. The number of rotatable bonds is 6. The highest BCUT2D eigenvalue weighted by Crippen LogP contribution is 2.36. The van der Waals surface area contributed by atoms with E-state index >= 15 is 0 Å². The molecule has 150 valence electrons. The molecule has 2 aliphatic rings. The number of hydrogen-bond acceptors (Lipinski definition) is 5. The van der Waals surface area contributed by atoms with E-state index in [4.69, 9.17) is 4.74 Å². The standard InChI is InChI=1S/C20H29FN2O4/c21-17-4-2-1-3-16(17)18(23-9-11-27-12-10-23)19(26)22-15-5-7-20(13-24,14-25)8-6-15/h1-4,15,18,24-25H,5-14H2,(H,22,26). The third-order valence-corrected chi connectivity index (χ3v) is 5.92. The molecule has 1 aromatic carbocycles. The van der Waals surface area contributed by atoms with Gasteiger partial charge in [0.25, 0.3) is 0 Å². The van der Waals surface area contributed by atoms with Crippen molar-refractivity contribution in [2.75, 3.05) is 39.5 Å². The monoisotopic (exact) mass is 380 g/mol. The zero-order valence-corrected chi connectivity index (χ0v) is 15.6. The number of morpholine rings is 1. The van der Waals surface area contributed by atoms with Crippen LogP contribution >= 0.6 is 0 Å². The molecule has 6 nitrogen and oxygen atoms in total. The van der Waals surface area contributed by atoms with Crippen LogP contribution in [0, 0.1) is 11.2 Å². The van der Waals surface area contributed by atoms with Gasteiger partial charge in [-0.3, -0.25) is 9.69 Å². The second kappa shape index (κ2) is 9.10. The first kappa shape index (κ1) is 20.2. The SMILES string of the molecule is O=C(NC1CCC(CO)(CO)CC1)C(c1ccccc1F)N1CCOCC1. The Morgan fingerprint density at radius 2 is 1.85 bits per heavy atom. The van der Waals surface area contributed by atoms with Gasteiger partial charge in [0.2, 0.25) is 5.91 Å². The van der Waals surface area contributed by atoms with Crippen molar-refractivity contribution in [2.24, 2.45) is 5.41 Å². The van der Waals surface area contributed by atoms with E-state index in [-0.39, 0.29) is 31.0 Å². The normalized spacial score (nSPS) is 22.3. The van der Waals surface area contributed by atoms with Crippen LogP contribution in [0.2, 0.25) is 0 Å². The Bertz CT molecular complexity index is 622. The molecule has 1 heterocycles. The van der Waals surface area contributed by atoms with Crippen molar-refractivity contribution in [1.82, 2.24) is 10.2 Å². The van der Waals surface area contributed by atoms with E-state index in [9.17, 15) is 19.4 Å². The van der Waals surface area contributed by atoms with Gasteiger partial charge in [-0.25, -0.2) is 4.39 Å². The van der Waals surface area contributed by atoms with Crippen LogP contribution in [0.15, 0.2) is 24.3 Å². The summed E-state index contributed by atoms with van der Waals surface area (Å²) in [5.41, 5.74) is -0.0658. The third kappa shape index (κ3) is 4.66. The Morgan fingerprint density at radius 3 is 2.44 bits per heavy atom. The highest BCUT2D eigenvalue weighted by molar-refractivity contribution is 5.83. The predicted octanol–water partition coefficient (Wildman–Crippen LogP) is 1.23. The minimum atomic E-state index is -0.683. The molecular formula is C20H29FN2O4. The highest BCUT2D eigenvalue weighted by atomic mass is 19.1. The molecule has 0 spiro atoms. The summed E-state index contributed by atoms with van der Waals surface area (Å²) in [7, 11) is 0. The molecule has 3 rings (SSSR count). The molecule has 1 aromatic rings. The lowest BCUT2D eigenvalue weighted by Gasteiger charge is -2.39. The molecule has 1 unspecified atom stereocenters. The third-order valence-electron chi connectivity index (χ3n) is 5.92. The largest absolute Gasteiger partial charge is 0.396 e. The summed E-state index contributed by atoms with van der Waals surface area (Å²) in [6, 6.07) is 5.71. The number of halogens is 1. The summed E-state index contributed by atoms with van der Waals surface area (Å²) in [5, 5.41) is 22.2. The number of nitrogens with zero attached hydrogens (tertiary/aromatic N) is 1. The molecule has 3 N–H and O–H groups in total. The van der Waals surface area contributed by atoms with Crippen molar-refractivity contribution in [2.45, 2.75) is 37.8 Å². The van der Waals surface area contributed by atoms with Crippen LogP contribution < -0.4 is 5.32 Å². The molecule has 0 bridgehead atoms. The molecule has 27 heavy (non-hydrogen) atoms. The zero-order valence-electron chi connectivity index (χ0n) is 15.6. The molecule has 2 fully saturated rings. The Balaban J connectivity index is 1.71. The van der Waals surface area contributed by atoms with E-state index in [0.717, 1.165) is 0 Å². The number of amides is 1. The van der Waals surface area contributed by atoms with Crippen molar-refractivity contribution in [3.05, 3.63) is 35.6 Å². The number of benzene rings is 1. The fourth-order valence-corrected chi connectivity index (χ4v) is 4.06. The molecule has 0 aromatic heterocycles. The highest BCUT2D eigenvalue weighted by Gasteiger charge is 2.37. The lowest BCUT2D eigenvalue weighted by Crippen LogP contribution is -2.50. The van der Waals surface area contributed by atoms with Gasteiger partial charge in [-0.05, 0) is 31.7 Å². The van der Waals surface area contributed by atoms with Crippen molar-refractivity contribution in [3.8, 4) is 0 Å². The molecule has 1 saturated carbocycles. The van der Waals surface area contributed by atoms with Crippen LogP contribution in [0.1, 0.15) is 37.3 Å². The van der Waals surface area contributed by atoms with Crippen LogP contribution in [0.25, 0.3) is 0 Å². The second-order valence-corrected chi connectivity index (χ2v) is 7.67. The number of carbonyl (C=O) groups is 1. The van der Waals surface area contributed by atoms with Crippen LogP contribution in [0.3, 0.4) is 0 Å². The fourth-order valence-electron chi connectivity index (χ4n) is 4.06. The van der Waals surface area contributed by atoms with Gasteiger partial charge >= 0.3 is 0 Å². The van der Waals surface area contributed by atoms with Gasteiger partial charge in [0.15, 0.2) is 0 Å². The minimum Gasteiger partial charge on any atom is -0.396 e. The summed E-state index contributed by atoms with van der Waals surface area (Å²) in [6.07, 6.45) is 2.71. The first-order chi connectivity index (χ1) is 13.1. The van der Waals surface area contributed by atoms with Crippen molar-refractivity contribution < 1.29 is 24.1 Å². The van der Waals surface area contributed by atoms with Crippen LogP contribution in [-0.4, -0.2) is 66.6 Å². The Morgan fingerprint density at radius 1 is 1.22 bits per heavy atom. The van der Waals surface area contributed by atoms with Gasteiger partial charge in [-0.15, -0.1) is 0 Å². The molecule has 1 saturated heterocycles. The van der Waals surface area contributed by atoms with E-state index in [2.05, 4.69) is 5.32 Å². The lowest BCUT2D eigenvalue weighted by atomic mass is 9.73. The van der Waals surface area contributed by atoms with E-state index in [0.29, 0.717) is 57.6 Å². The number of aliphatic hydroxyl groups excluding tert-OH is 2. The number of carbonyl (C=O) groups excluding carboxylic acids is 1. The summed E-state index contributed by atoms with van der Waals surface area (Å²) in [6.45, 7) is 2.12. The summed E-state index contributed by atoms with van der Waals surface area (Å²) < 4.78 is 19.8. The topological polar surface area (TPSA) is 82.0 Å². The first-order valence-electron chi connectivity index (χ1n) is 9.67. The average Bonchev–Trinajstić information content (AvgIpc) is 2.71.